The molecule has 5 aliphatic heterocycles. The van der Waals surface area contributed by atoms with Gasteiger partial charge in [-0.1, -0.05) is 59.2 Å². The van der Waals surface area contributed by atoms with Crippen LogP contribution in [0.5, 0.6) is 0 Å². The van der Waals surface area contributed by atoms with E-state index in [1.165, 1.54) is 150 Å². The summed E-state index contributed by atoms with van der Waals surface area (Å²) in [7, 11) is -13.5. The van der Waals surface area contributed by atoms with Crippen LogP contribution in [0.4, 0.5) is 0 Å². The minimum absolute atomic E-state index is 0.00341. The van der Waals surface area contributed by atoms with Crippen LogP contribution in [0.2, 0.25) is 0 Å². The van der Waals surface area contributed by atoms with Crippen molar-refractivity contribution in [1.82, 2.24) is 73.5 Å². The molecule has 46 nitrogen and oxygen atoms in total. The number of aliphatic hydroxyl groups is 4. The summed E-state index contributed by atoms with van der Waals surface area (Å²) < 4.78 is 44.7. The van der Waals surface area contributed by atoms with E-state index < -0.39 is 41.2 Å². The van der Waals surface area contributed by atoms with Crippen LogP contribution in [0.3, 0.4) is 0 Å². The smallest absolute Gasteiger partial charge is 0.396 e. The number of phosphoric acid groups is 3. The second kappa shape index (κ2) is 69.2. The maximum atomic E-state index is 12.6. The number of phosphoric ester groups is 3. The first kappa shape index (κ1) is 122. The van der Waals surface area contributed by atoms with Gasteiger partial charge in [-0.25, -0.2) is 13.7 Å². The van der Waals surface area contributed by atoms with Gasteiger partial charge in [0.1, 0.15) is 0 Å². The maximum Gasteiger partial charge on any atom is 0.469 e. The zero-order chi connectivity index (χ0) is 98.5. The predicted octanol–water partition coefficient (Wildman–Crippen LogP) is -0.581. The summed E-state index contributed by atoms with van der Waals surface area (Å²) in [6, 6.07) is 0. The van der Waals surface area contributed by atoms with Crippen molar-refractivity contribution in [2.75, 3.05) is 221 Å². The number of nitrogens with zero attached hydrogens (tertiary/aromatic N) is 15. The number of rotatable bonds is 46. The molecule has 0 aromatic heterocycles. The Balaban J connectivity index is 0.00000160. The van der Waals surface area contributed by atoms with Crippen LogP contribution in [0.1, 0.15) is 38.5 Å². The molecule has 130 heavy (non-hydrogen) atoms. The number of carbonyl (C=O) groups is 15. The summed E-state index contributed by atoms with van der Waals surface area (Å²) in [5.74, 6) is 1.49. The molecule has 5 fully saturated rings. The van der Waals surface area contributed by atoms with Gasteiger partial charge in [-0.2, -0.15) is 83.2 Å². The van der Waals surface area contributed by atoms with Crippen molar-refractivity contribution < 1.29 is 149 Å². The summed E-state index contributed by atoms with van der Waals surface area (Å²) in [4.78, 5) is 253. The van der Waals surface area contributed by atoms with Gasteiger partial charge in [-0.3, -0.25) is 85.5 Å². The van der Waals surface area contributed by atoms with Gasteiger partial charge in [0, 0.05) is 113 Å². The van der Waals surface area contributed by atoms with Gasteiger partial charge in [0.15, 0.2) is 0 Å². The fraction of sp³-hybridized carbons (Fsp3) is 0.554. The number of hydrogen-bond donors (Lipinski definition) is 11. The van der Waals surface area contributed by atoms with E-state index in [0.717, 1.165) is 48.6 Å². The molecule has 5 saturated heterocycles. The molecular weight excluding hydrogens is 1910 g/mol. The molecule has 0 aliphatic carbocycles. The van der Waals surface area contributed by atoms with Gasteiger partial charge >= 0.3 is 23.5 Å². The average Bonchev–Trinajstić information content (AvgIpc) is 0.852. The first-order valence-electron chi connectivity index (χ1n) is 39.0. The Morgan fingerprint density at radius 3 is 0.477 bits per heavy atom. The highest BCUT2D eigenvalue weighted by Crippen LogP contribution is 2.37. The number of amides is 15. The molecule has 15 amide bonds. The van der Waals surface area contributed by atoms with Crippen LogP contribution in [0.15, 0.2) is 114 Å². The quantitative estimate of drug-likeness (QED) is 0.0157. The number of hydrogen-bond acceptors (Lipinski definition) is 32. The van der Waals surface area contributed by atoms with Crippen molar-refractivity contribution >= 4 is 195 Å². The molecule has 0 spiro atoms. The van der Waals surface area contributed by atoms with Crippen molar-refractivity contribution in [2.24, 2.45) is 0 Å². The van der Waals surface area contributed by atoms with Crippen molar-refractivity contribution in [2.45, 2.75) is 38.5 Å². The molecule has 5 heterocycles. The molecule has 5 aliphatic rings. The number of thiol groups is 1. The van der Waals surface area contributed by atoms with E-state index in [1.807, 2.05) is 0 Å². The fourth-order valence-corrected chi connectivity index (χ4v) is 16.0. The lowest BCUT2D eigenvalue weighted by atomic mass is 10.3. The van der Waals surface area contributed by atoms with Gasteiger partial charge in [0.25, 0.3) is 0 Å². The van der Waals surface area contributed by atoms with E-state index in [4.69, 9.17) is 49.8 Å². The Hall–Kier alpha value is -7.67. The normalized spacial score (nSPS) is 14.6. The summed E-state index contributed by atoms with van der Waals surface area (Å²) in [6.07, 6.45) is 11.4. The highest BCUT2D eigenvalue weighted by molar-refractivity contribution is 8.00. The molecular formula is C74H120N15O31P3S7. The third-order valence-electron chi connectivity index (χ3n) is 16.6. The summed E-state index contributed by atoms with van der Waals surface area (Å²) in [6.45, 7) is 31.9. The molecule has 0 atom stereocenters. The molecule has 0 aromatic carbocycles. The van der Waals surface area contributed by atoms with Crippen molar-refractivity contribution in [3.8, 4) is 0 Å². The Labute approximate surface area is 786 Å². The minimum atomic E-state index is -4.52. The standard InChI is InChI=1S/C16H29N3O11P2S2.C16H27N3O5S2.C14H22N3O7PS.C14H21N3O4S.C12H15N3O3.C2H6OS/c1-2-14(20)17-11-18(15(21)3-7-33-9-5-29-31(23,24)25)13-19(12-17)16(22)4-8-34-10-6-30-32(26,27)28;1-2-14(22)17-11-18(15(23)3-7-25-9-5-20)13-19(12-17)16(24)4-8-26-10-6-21;1-3-12(18)15-9-16(13(19)4-2)11-17(10-15)14(20)5-7-26-8-6-24-25(21,22)23;1-3-12(19)15-9-16(13(20)4-2)11-17(10-15)14(21)5-7-22-8-6-18;1-4-10(16)13-7-14(11(17)5-2)9-15(8-13)12(18)6-3;3-1-2-4/h2H,1,3-13H2,(H2,23,24,25)(H2,26,27,28);2,20-21H,1,3-13H2;3-4H,1-2,5-11H2,(H2,21,22,23);3-4,18H,1-2,5-11H2;4-6H,1-3,7-9H2;3-4H,1-2H2. The number of carbonyl (C=O) groups excluding carboxylic acids is 15. The van der Waals surface area contributed by atoms with Gasteiger partial charge in [0.2, 0.25) is 88.6 Å². The van der Waals surface area contributed by atoms with Crippen LogP contribution < -0.4 is 0 Å². The average molecular weight is 2030 g/mol. The summed E-state index contributed by atoms with van der Waals surface area (Å²) in [5, 5.41) is 34.0. The lowest BCUT2D eigenvalue weighted by molar-refractivity contribution is -0.158. The van der Waals surface area contributed by atoms with Crippen molar-refractivity contribution in [3.05, 3.63) is 114 Å². The predicted molar refractivity (Wildman–Crippen MR) is 495 cm³/mol. The Morgan fingerprint density at radius 2 is 0.362 bits per heavy atom. The second-order valence-corrected chi connectivity index (χ2v) is 37.7. The molecule has 0 bridgehead atoms. The van der Waals surface area contributed by atoms with E-state index in [9.17, 15) is 85.6 Å². The number of aliphatic hydroxyl groups excluding tert-OH is 4. The van der Waals surface area contributed by atoms with Crippen LogP contribution in [0.25, 0.3) is 0 Å². The fourth-order valence-electron chi connectivity index (χ4n) is 10.5. The van der Waals surface area contributed by atoms with Crippen molar-refractivity contribution in [1.29, 1.82) is 0 Å². The van der Waals surface area contributed by atoms with Crippen LogP contribution in [-0.2, 0) is 99.2 Å². The monoisotopic (exact) mass is 2030 g/mol. The van der Waals surface area contributed by atoms with Crippen molar-refractivity contribution in [3.63, 3.8) is 0 Å². The minimum Gasteiger partial charge on any atom is -0.396 e. The molecule has 0 aromatic rings. The van der Waals surface area contributed by atoms with E-state index in [1.54, 1.807) is 0 Å². The topological polar surface area (TPSA) is 586 Å². The highest BCUT2D eigenvalue weighted by Gasteiger charge is 2.36. The first-order chi connectivity index (χ1) is 61.5. The van der Waals surface area contributed by atoms with E-state index in [0.29, 0.717) is 63.3 Å². The Bertz CT molecular complexity index is 3720. The largest absolute Gasteiger partial charge is 0.469 e. The first-order valence-corrected chi connectivity index (χ1v) is 51.2. The van der Waals surface area contributed by atoms with Crippen LogP contribution >= 0.6 is 107 Å². The molecule has 734 valence electrons. The van der Waals surface area contributed by atoms with Gasteiger partial charge in [-0.15, -0.1) is 0 Å². The lowest BCUT2D eigenvalue weighted by Crippen LogP contribution is -2.59. The zero-order valence-corrected chi connectivity index (χ0v) is 80.5. The summed E-state index contributed by atoms with van der Waals surface area (Å²) >= 11 is 12.0. The van der Waals surface area contributed by atoms with Crippen LogP contribution in [0, 0.1) is 0 Å². The van der Waals surface area contributed by atoms with Gasteiger partial charge in [-0.05, 0) is 54.7 Å². The van der Waals surface area contributed by atoms with E-state index >= 15 is 0 Å². The maximum absolute atomic E-state index is 12.6. The van der Waals surface area contributed by atoms with E-state index in [2.05, 4.69) is 85.4 Å². The van der Waals surface area contributed by atoms with Gasteiger partial charge < -0.3 is 123 Å². The molecule has 0 unspecified atom stereocenters. The number of thioether (sulfide) groups is 6. The molecule has 56 heteroatoms. The molecule has 0 radical (unpaired) electrons. The zero-order valence-electron chi connectivity index (χ0n) is 72.0. The lowest BCUT2D eigenvalue weighted by Gasteiger charge is -2.42. The Kier molecular flexibility index (Phi) is 65.1. The third-order valence-corrected chi connectivity index (χ3v) is 24.1. The van der Waals surface area contributed by atoms with Gasteiger partial charge in [0.05, 0.1) is 146 Å². The van der Waals surface area contributed by atoms with E-state index in [-0.39, 0.29) is 267 Å². The highest BCUT2D eigenvalue weighted by atomic mass is 32.2. The molecule has 10 N–H and O–H groups in total. The third kappa shape index (κ3) is 53.3. The Morgan fingerprint density at radius 1 is 0.238 bits per heavy atom. The summed E-state index contributed by atoms with van der Waals surface area (Å²) in [5.41, 5.74) is 0. The molecule has 5 rings (SSSR count). The van der Waals surface area contributed by atoms with Crippen LogP contribution in [-0.4, -0.2) is 433 Å². The SMILES string of the molecule is C=CC(=O)N1CN(C(=O)C=C)CN(C(=O)C=C)C1.C=CC(=O)N1CN(C(=O)C=C)CN(C(=O)CCSCCO)C1.C=CC(=O)N1CN(C(=O)C=C)CN(C(=O)CCSCCOP(=O)(O)O)C1.C=CC(=O)N1CN(C(=O)CCSCCO)CN(C(=O)CCSCCO)C1.C=CC(=O)N1CN(C(=O)CCSCCOP(=O)(O)O)CN(C(=O)CCSCCOP(=O)(O)O)C1.OCCS. The second-order valence-electron chi connectivity index (χ2n) is 26.2. The molecule has 0 saturated carbocycles.